The molecule has 1 atom stereocenters. The van der Waals surface area contributed by atoms with Gasteiger partial charge in [-0.1, -0.05) is 6.07 Å². The normalized spacial score (nSPS) is 11.9. The van der Waals surface area contributed by atoms with Crippen LogP contribution in [0.5, 0.6) is 0 Å². The Morgan fingerprint density at radius 2 is 2.29 bits per heavy atom. The Balaban J connectivity index is 2.79. The van der Waals surface area contributed by atoms with E-state index in [9.17, 15) is 4.39 Å². The summed E-state index contributed by atoms with van der Waals surface area (Å²) in [5.74, 6) is -0.251. The lowest BCUT2D eigenvalue weighted by Gasteiger charge is -2.25. The van der Waals surface area contributed by atoms with E-state index >= 15 is 0 Å². The van der Waals surface area contributed by atoms with Crippen molar-refractivity contribution in [3.05, 3.63) is 30.1 Å². The summed E-state index contributed by atoms with van der Waals surface area (Å²) in [6, 6.07) is 8.57. The average Bonchev–Trinajstić information content (AvgIpc) is 2.17. The third-order valence-corrected chi connectivity index (χ3v) is 2.26. The fourth-order valence-corrected chi connectivity index (χ4v) is 1.22. The van der Waals surface area contributed by atoms with Crippen LogP contribution in [0.3, 0.4) is 0 Å². The highest BCUT2D eigenvalue weighted by Crippen LogP contribution is 2.17. The van der Waals surface area contributed by atoms with Crippen molar-refractivity contribution in [2.45, 2.75) is 19.4 Å². The number of benzene rings is 1. The number of nitriles is 1. The van der Waals surface area contributed by atoms with Gasteiger partial charge < -0.3 is 4.90 Å². The SMILES string of the molecule is CC(CC#N)N(C)c1cccc(F)c1. The van der Waals surface area contributed by atoms with Crippen molar-refractivity contribution in [3.63, 3.8) is 0 Å². The molecule has 0 N–H and O–H groups in total. The Morgan fingerprint density at radius 1 is 1.57 bits per heavy atom. The summed E-state index contributed by atoms with van der Waals surface area (Å²) in [5.41, 5.74) is 0.799. The third-order valence-electron chi connectivity index (χ3n) is 2.26. The van der Waals surface area contributed by atoms with E-state index in [2.05, 4.69) is 6.07 Å². The topological polar surface area (TPSA) is 27.0 Å². The van der Waals surface area contributed by atoms with Gasteiger partial charge in [0.25, 0.3) is 0 Å². The zero-order valence-corrected chi connectivity index (χ0v) is 8.37. The zero-order chi connectivity index (χ0) is 10.6. The quantitative estimate of drug-likeness (QED) is 0.736. The van der Waals surface area contributed by atoms with Gasteiger partial charge in [0.05, 0.1) is 12.5 Å². The number of anilines is 1. The molecular weight excluding hydrogens is 179 g/mol. The first-order chi connectivity index (χ1) is 6.65. The molecule has 0 spiro atoms. The smallest absolute Gasteiger partial charge is 0.125 e. The van der Waals surface area contributed by atoms with Crippen LogP contribution in [0.15, 0.2) is 24.3 Å². The van der Waals surface area contributed by atoms with Gasteiger partial charge in [-0.3, -0.25) is 0 Å². The molecule has 1 aromatic carbocycles. The van der Waals surface area contributed by atoms with Crippen molar-refractivity contribution in [1.82, 2.24) is 0 Å². The van der Waals surface area contributed by atoms with E-state index in [1.165, 1.54) is 12.1 Å². The summed E-state index contributed by atoms with van der Waals surface area (Å²) in [7, 11) is 1.86. The number of halogens is 1. The minimum absolute atomic E-state index is 0.0989. The highest BCUT2D eigenvalue weighted by Gasteiger charge is 2.09. The molecule has 1 aromatic rings. The second kappa shape index (κ2) is 4.61. The first kappa shape index (κ1) is 10.5. The van der Waals surface area contributed by atoms with Crippen molar-refractivity contribution in [3.8, 4) is 6.07 Å². The van der Waals surface area contributed by atoms with Crippen LogP contribution < -0.4 is 4.90 Å². The predicted molar refractivity (Wildman–Crippen MR) is 54.5 cm³/mol. The lowest BCUT2D eigenvalue weighted by molar-refractivity contribution is 0.624. The molecule has 74 valence electrons. The molecule has 0 aliphatic heterocycles. The Bertz CT molecular complexity index is 343. The monoisotopic (exact) mass is 192 g/mol. The van der Waals surface area contributed by atoms with Gasteiger partial charge in [-0.05, 0) is 25.1 Å². The minimum Gasteiger partial charge on any atom is -0.371 e. The maximum Gasteiger partial charge on any atom is 0.125 e. The second-order valence-corrected chi connectivity index (χ2v) is 3.30. The van der Waals surface area contributed by atoms with Crippen molar-refractivity contribution in [2.24, 2.45) is 0 Å². The zero-order valence-electron chi connectivity index (χ0n) is 8.37. The molecule has 1 rings (SSSR count). The molecule has 0 fully saturated rings. The second-order valence-electron chi connectivity index (χ2n) is 3.30. The molecule has 0 saturated heterocycles. The van der Waals surface area contributed by atoms with Gasteiger partial charge in [0.15, 0.2) is 0 Å². The van der Waals surface area contributed by atoms with Gasteiger partial charge >= 0.3 is 0 Å². The van der Waals surface area contributed by atoms with Gasteiger partial charge in [0.2, 0.25) is 0 Å². The van der Waals surface area contributed by atoms with E-state index in [1.54, 1.807) is 6.07 Å². The molecule has 3 heteroatoms. The van der Waals surface area contributed by atoms with E-state index < -0.39 is 0 Å². The Kier molecular flexibility index (Phi) is 3.47. The standard InChI is InChI=1S/C11H13FN2/c1-9(6-7-13)14(2)11-5-3-4-10(12)8-11/h3-5,8-9H,6H2,1-2H3. The van der Waals surface area contributed by atoms with E-state index in [-0.39, 0.29) is 11.9 Å². The molecule has 0 aromatic heterocycles. The van der Waals surface area contributed by atoms with Crippen LogP contribution in [0.25, 0.3) is 0 Å². The molecular formula is C11H13FN2. The summed E-state index contributed by atoms with van der Waals surface area (Å²) in [5, 5.41) is 8.54. The maximum atomic E-state index is 12.9. The summed E-state index contributed by atoms with van der Waals surface area (Å²) < 4.78 is 12.9. The number of hydrogen-bond acceptors (Lipinski definition) is 2. The molecule has 14 heavy (non-hydrogen) atoms. The Labute approximate surface area is 83.6 Å². The van der Waals surface area contributed by atoms with Gasteiger partial charge in [0.1, 0.15) is 5.82 Å². The number of rotatable bonds is 3. The summed E-state index contributed by atoms with van der Waals surface area (Å²) in [4.78, 5) is 1.90. The van der Waals surface area contributed by atoms with Crippen LogP contribution in [0.2, 0.25) is 0 Å². The molecule has 0 aliphatic rings. The lowest BCUT2D eigenvalue weighted by atomic mass is 10.2. The average molecular weight is 192 g/mol. The minimum atomic E-state index is -0.251. The molecule has 0 heterocycles. The van der Waals surface area contributed by atoms with E-state index in [0.29, 0.717) is 6.42 Å². The Hall–Kier alpha value is -1.56. The molecule has 2 nitrogen and oxygen atoms in total. The first-order valence-corrected chi connectivity index (χ1v) is 4.50. The van der Waals surface area contributed by atoms with Gasteiger partial charge in [-0.25, -0.2) is 4.39 Å². The molecule has 0 aliphatic carbocycles. The van der Waals surface area contributed by atoms with Crippen LogP contribution in [-0.4, -0.2) is 13.1 Å². The van der Waals surface area contributed by atoms with Gasteiger partial charge in [-0.15, -0.1) is 0 Å². The fraction of sp³-hybridized carbons (Fsp3) is 0.364. The Morgan fingerprint density at radius 3 is 2.86 bits per heavy atom. The fourth-order valence-electron chi connectivity index (χ4n) is 1.22. The third kappa shape index (κ3) is 2.46. The number of hydrogen-bond donors (Lipinski definition) is 0. The van der Waals surface area contributed by atoms with Crippen LogP contribution in [0.4, 0.5) is 10.1 Å². The van der Waals surface area contributed by atoms with Crippen LogP contribution in [-0.2, 0) is 0 Å². The molecule has 1 unspecified atom stereocenters. The van der Waals surface area contributed by atoms with E-state index in [1.807, 2.05) is 24.9 Å². The van der Waals surface area contributed by atoms with Crippen LogP contribution >= 0.6 is 0 Å². The lowest BCUT2D eigenvalue weighted by Crippen LogP contribution is -2.28. The van der Waals surface area contributed by atoms with Crippen molar-refractivity contribution in [1.29, 1.82) is 5.26 Å². The van der Waals surface area contributed by atoms with Crippen molar-refractivity contribution in [2.75, 3.05) is 11.9 Å². The first-order valence-electron chi connectivity index (χ1n) is 4.50. The van der Waals surface area contributed by atoms with Crippen LogP contribution in [0, 0.1) is 17.1 Å². The molecule has 0 bridgehead atoms. The van der Waals surface area contributed by atoms with E-state index in [4.69, 9.17) is 5.26 Å². The number of nitrogens with zero attached hydrogens (tertiary/aromatic N) is 2. The molecule has 0 radical (unpaired) electrons. The van der Waals surface area contributed by atoms with Crippen LogP contribution in [0.1, 0.15) is 13.3 Å². The predicted octanol–water partition coefficient (Wildman–Crippen LogP) is 2.56. The molecule has 0 saturated carbocycles. The van der Waals surface area contributed by atoms with Crippen molar-refractivity contribution >= 4 is 5.69 Å². The highest BCUT2D eigenvalue weighted by atomic mass is 19.1. The summed E-state index contributed by atoms with van der Waals surface area (Å²) >= 11 is 0. The van der Waals surface area contributed by atoms with Gasteiger partial charge in [-0.2, -0.15) is 5.26 Å². The summed E-state index contributed by atoms with van der Waals surface area (Å²) in [6.07, 6.45) is 0.438. The largest absolute Gasteiger partial charge is 0.371 e. The highest BCUT2D eigenvalue weighted by molar-refractivity contribution is 5.46. The molecule has 0 amide bonds. The van der Waals surface area contributed by atoms with Gasteiger partial charge in [0, 0.05) is 18.8 Å². The van der Waals surface area contributed by atoms with Crippen molar-refractivity contribution < 1.29 is 4.39 Å². The maximum absolute atomic E-state index is 12.9. The summed E-state index contributed by atoms with van der Waals surface area (Å²) in [6.45, 7) is 1.94. The van der Waals surface area contributed by atoms with E-state index in [0.717, 1.165) is 5.69 Å².